The van der Waals surface area contributed by atoms with Crippen molar-refractivity contribution in [2.24, 2.45) is 0 Å². The van der Waals surface area contributed by atoms with Crippen molar-refractivity contribution in [1.29, 1.82) is 0 Å². The average molecular weight is 272 g/mol. The molecule has 6 nitrogen and oxygen atoms in total. The van der Waals surface area contributed by atoms with E-state index in [-0.39, 0.29) is 23.1 Å². The topological polar surface area (TPSA) is 86.7 Å². The molecule has 1 aromatic carbocycles. The molecule has 1 rings (SSSR count). The van der Waals surface area contributed by atoms with Crippen LogP contribution < -0.4 is 5.32 Å². The number of hydrogen-bond donors (Lipinski definition) is 2. The first kappa shape index (κ1) is 14.5. The Labute approximate surface area is 106 Å². The lowest BCUT2D eigenvalue weighted by atomic mass is 10.3. The molecule has 1 amide bonds. The number of nitrogens with zero attached hydrogens (tertiary/aromatic N) is 1. The molecule has 0 saturated carbocycles. The Morgan fingerprint density at radius 2 is 1.89 bits per heavy atom. The summed E-state index contributed by atoms with van der Waals surface area (Å²) in [5, 5.41) is 11.6. The summed E-state index contributed by atoms with van der Waals surface area (Å²) in [7, 11) is -2.38. The van der Waals surface area contributed by atoms with Gasteiger partial charge >= 0.3 is 0 Å². The number of phenolic OH excluding ortho intramolecular Hbond substituents is 1. The van der Waals surface area contributed by atoms with Crippen molar-refractivity contribution in [2.75, 3.05) is 20.1 Å². The minimum absolute atomic E-state index is 0.0136. The van der Waals surface area contributed by atoms with Crippen molar-refractivity contribution in [3.05, 3.63) is 24.3 Å². The second-order valence-corrected chi connectivity index (χ2v) is 5.75. The Bertz CT molecular complexity index is 510. The van der Waals surface area contributed by atoms with Crippen LogP contribution in [0, 0.1) is 0 Å². The number of rotatable bonds is 5. The van der Waals surface area contributed by atoms with Crippen LogP contribution in [0.1, 0.15) is 6.92 Å². The Morgan fingerprint density at radius 1 is 1.33 bits per heavy atom. The highest BCUT2D eigenvalue weighted by molar-refractivity contribution is 7.89. The quantitative estimate of drug-likeness (QED) is 0.798. The predicted octanol–water partition coefficient (Wildman–Crippen LogP) is 0.149. The van der Waals surface area contributed by atoms with Crippen LogP contribution in [0.15, 0.2) is 29.2 Å². The summed E-state index contributed by atoms with van der Waals surface area (Å²) in [6.45, 7) is 1.97. The second-order valence-electron chi connectivity index (χ2n) is 3.71. The van der Waals surface area contributed by atoms with Crippen molar-refractivity contribution >= 4 is 15.9 Å². The minimum atomic E-state index is -3.71. The van der Waals surface area contributed by atoms with E-state index in [4.69, 9.17) is 5.11 Å². The molecule has 0 aliphatic rings. The van der Waals surface area contributed by atoms with E-state index < -0.39 is 10.0 Å². The summed E-state index contributed by atoms with van der Waals surface area (Å²) in [6.07, 6.45) is 0. The van der Waals surface area contributed by atoms with Gasteiger partial charge in [0.25, 0.3) is 0 Å². The standard InChI is InChI=1S/C11H16N2O4S/c1-3-12-11(15)8-13(2)18(16,17)10-6-4-9(14)5-7-10/h4-7,14H,3,8H2,1-2H3,(H,12,15). The molecule has 0 saturated heterocycles. The summed E-state index contributed by atoms with van der Waals surface area (Å²) < 4.78 is 25.1. The maximum Gasteiger partial charge on any atom is 0.243 e. The summed E-state index contributed by atoms with van der Waals surface area (Å²) in [4.78, 5) is 11.4. The Balaban J connectivity index is 2.86. The van der Waals surface area contributed by atoms with Gasteiger partial charge in [-0.2, -0.15) is 4.31 Å². The van der Waals surface area contributed by atoms with Crippen LogP contribution in [0.4, 0.5) is 0 Å². The fourth-order valence-corrected chi connectivity index (χ4v) is 2.47. The van der Waals surface area contributed by atoms with Gasteiger partial charge in [-0.05, 0) is 31.2 Å². The number of benzene rings is 1. The molecule has 0 bridgehead atoms. The maximum absolute atomic E-state index is 12.0. The lowest BCUT2D eigenvalue weighted by molar-refractivity contribution is -0.121. The van der Waals surface area contributed by atoms with Gasteiger partial charge in [-0.1, -0.05) is 0 Å². The van der Waals surface area contributed by atoms with Crippen molar-refractivity contribution in [1.82, 2.24) is 9.62 Å². The molecule has 0 heterocycles. The van der Waals surface area contributed by atoms with Crippen molar-refractivity contribution < 1.29 is 18.3 Å². The van der Waals surface area contributed by atoms with Crippen LogP contribution in [-0.4, -0.2) is 43.9 Å². The van der Waals surface area contributed by atoms with Crippen LogP contribution in [0.25, 0.3) is 0 Å². The molecule has 100 valence electrons. The fourth-order valence-electron chi connectivity index (χ4n) is 1.34. The minimum Gasteiger partial charge on any atom is -0.508 e. The highest BCUT2D eigenvalue weighted by Crippen LogP contribution is 2.17. The lowest BCUT2D eigenvalue weighted by Gasteiger charge is -2.16. The Kier molecular flexibility index (Phi) is 4.69. The molecule has 1 aromatic rings. The highest BCUT2D eigenvalue weighted by Gasteiger charge is 2.22. The van der Waals surface area contributed by atoms with Crippen LogP contribution in [0.3, 0.4) is 0 Å². The third-order valence-electron chi connectivity index (χ3n) is 2.29. The molecule has 0 aliphatic carbocycles. The van der Waals surface area contributed by atoms with Crippen LogP contribution in [-0.2, 0) is 14.8 Å². The normalized spacial score (nSPS) is 11.5. The van der Waals surface area contributed by atoms with Crippen molar-refractivity contribution in [2.45, 2.75) is 11.8 Å². The van der Waals surface area contributed by atoms with Gasteiger partial charge in [-0.25, -0.2) is 8.42 Å². The van der Waals surface area contributed by atoms with Crippen molar-refractivity contribution in [3.8, 4) is 5.75 Å². The predicted molar refractivity (Wildman–Crippen MR) is 66.6 cm³/mol. The molecule has 0 fully saturated rings. The summed E-state index contributed by atoms with van der Waals surface area (Å²) >= 11 is 0. The molecule has 0 radical (unpaired) electrons. The zero-order valence-electron chi connectivity index (χ0n) is 10.3. The molecule has 0 aliphatic heterocycles. The number of carbonyl (C=O) groups excluding carboxylic acids is 1. The van der Waals surface area contributed by atoms with Gasteiger partial charge in [-0.3, -0.25) is 4.79 Å². The molecule has 0 spiro atoms. The SMILES string of the molecule is CCNC(=O)CN(C)S(=O)(=O)c1ccc(O)cc1. The summed E-state index contributed by atoms with van der Waals surface area (Å²) in [5.74, 6) is -0.373. The van der Waals surface area contributed by atoms with E-state index in [1.807, 2.05) is 0 Å². The molecular formula is C11H16N2O4S. The smallest absolute Gasteiger partial charge is 0.243 e. The molecule has 0 atom stereocenters. The number of hydrogen-bond acceptors (Lipinski definition) is 4. The number of likely N-dealkylation sites (N-methyl/N-ethyl adjacent to an activating group) is 2. The van der Waals surface area contributed by atoms with E-state index in [1.54, 1.807) is 6.92 Å². The molecule has 2 N–H and O–H groups in total. The monoisotopic (exact) mass is 272 g/mol. The number of sulfonamides is 1. The van der Waals surface area contributed by atoms with Crippen molar-refractivity contribution in [3.63, 3.8) is 0 Å². The van der Waals surface area contributed by atoms with Gasteiger partial charge in [-0.15, -0.1) is 0 Å². The highest BCUT2D eigenvalue weighted by atomic mass is 32.2. The van der Waals surface area contributed by atoms with E-state index in [1.165, 1.54) is 31.3 Å². The van der Waals surface area contributed by atoms with Crippen LogP contribution in [0.2, 0.25) is 0 Å². The van der Waals surface area contributed by atoms with Crippen LogP contribution >= 0.6 is 0 Å². The second kappa shape index (κ2) is 5.83. The Morgan fingerprint density at radius 3 is 2.39 bits per heavy atom. The Hall–Kier alpha value is -1.60. The number of phenols is 1. The third-order valence-corrected chi connectivity index (χ3v) is 4.10. The molecule has 7 heteroatoms. The lowest BCUT2D eigenvalue weighted by Crippen LogP contribution is -2.38. The fraction of sp³-hybridized carbons (Fsp3) is 0.364. The third kappa shape index (κ3) is 3.44. The number of carbonyl (C=O) groups is 1. The summed E-state index contributed by atoms with van der Waals surface area (Å²) in [5.41, 5.74) is 0. The average Bonchev–Trinajstić information content (AvgIpc) is 2.29. The van der Waals surface area contributed by atoms with E-state index in [0.717, 1.165) is 4.31 Å². The van der Waals surface area contributed by atoms with E-state index >= 15 is 0 Å². The number of nitrogens with one attached hydrogen (secondary N) is 1. The first-order chi connectivity index (χ1) is 8.37. The molecule has 18 heavy (non-hydrogen) atoms. The van der Waals surface area contributed by atoms with E-state index in [9.17, 15) is 13.2 Å². The first-order valence-corrected chi connectivity index (χ1v) is 6.84. The van der Waals surface area contributed by atoms with Gasteiger partial charge in [0, 0.05) is 13.6 Å². The molecule has 0 unspecified atom stereocenters. The number of amides is 1. The van der Waals surface area contributed by atoms with Gasteiger partial charge in [0.05, 0.1) is 11.4 Å². The van der Waals surface area contributed by atoms with E-state index in [2.05, 4.69) is 5.32 Å². The molecule has 0 aromatic heterocycles. The van der Waals surface area contributed by atoms with Gasteiger partial charge in [0.1, 0.15) is 5.75 Å². The van der Waals surface area contributed by atoms with Gasteiger partial charge in [0.2, 0.25) is 15.9 Å². The summed E-state index contributed by atoms with van der Waals surface area (Å²) in [6, 6.07) is 5.15. The van der Waals surface area contributed by atoms with Gasteiger partial charge < -0.3 is 10.4 Å². The molecular weight excluding hydrogens is 256 g/mol. The van der Waals surface area contributed by atoms with Gasteiger partial charge in [0.15, 0.2) is 0 Å². The maximum atomic E-state index is 12.0. The number of aromatic hydroxyl groups is 1. The van der Waals surface area contributed by atoms with E-state index in [0.29, 0.717) is 6.54 Å². The largest absolute Gasteiger partial charge is 0.508 e. The zero-order valence-corrected chi connectivity index (χ0v) is 11.1. The zero-order chi connectivity index (χ0) is 13.8. The van der Waals surface area contributed by atoms with Crippen LogP contribution in [0.5, 0.6) is 5.75 Å². The first-order valence-electron chi connectivity index (χ1n) is 5.40.